The van der Waals surface area contributed by atoms with Crippen molar-refractivity contribution in [1.82, 2.24) is 14.4 Å². The van der Waals surface area contributed by atoms with E-state index in [1.807, 2.05) is 23.8 Å². The molecule has 0 saturated carbocycles. The van der Waals surface area contributed by atoms with Gasteiger partial charge in [0.25, 0.3) is 11.5 Å². The molecule has 4 heterocycles. The average molecular weight is 420 g/mol. The third kappa shape index (κ3) is 3.90. The van der Waals surface area contributed by atoms with Gasteiger partial charge in [0.05, 0.1) is 4.91 Å². The van der Waals surface area contributed by atoms with Gasteiger partial charge in [-0.05, 0) is 31.7 Å². The van der Waals surface area contributed by atoms with Gasteiger partial charge in [0, 0.05) is 63.3 Å². The highest BCUT2D eigenvalue weighted by Crippen LogP contribution is 2.37. The molecule has 2 fully saturated rings. The molecule has 0 aromatic carbocycles. The maximum atomic E-state index is 12.8. The summed E-state index contributed by atoms with van der Waals surface area (Å²) in [5, 5.41) is 0. The van der Waals surface area contributed by atoms with Gasteiger partial charge in [0.15, 0.2) is 0 Å². The van der Waals surface area contributed by atoms with Crippen LogP contribution in [0.5, 0.6) is 0 Å². The van der Waals surface area contributed by atoms with E-state index in [1.54, 1.807) is 11.0 Å². The third-order valence-electron chi connectivity index (χ3n) is 5.56. The molecule has 0 spiro atoms. The van der Waals surface area contributed by atoms with E-state index in [0.29, 0.717) is 40.8 Å². The second-order valence-electron chi connectivity index (χ2n) is 7.52. The number of thiocarbonyl (C=S) groups is 1. The topological polar surface area (TPSA) is 54.8 Å². The maximum absolute atomic E-state index is 12.8. The second kappa shape index (κ2) is 8.39. The van der Waals surface area contributed by atoms with E-state index >= 15 is 0 Å². The first-order valence-corrected chi connectivity index (χ1v) is 11.1. The number of hydrogen-bond acceptors (Lipinski definition) is 6. The van der Waals surface area contributed by atoms with Crippen molar-refractivity contribution in [2.75, 3.05) is 32.8 Å². The Bertz CT molecular complexity index is 866. The predicted molar refractivity (Wildman–Crippen MR) is 114 cm³/mol. The first-order valence-electron chi connectivity index (χ1n) is 9.84. The number of pyridine rings is 1. The molecular weight excluding hydrogens is 394 g/mol. The summed E-state index contributed by atoms with van der Waals surface area (Å²) in [5.74, 6) is 0.756. The Morgan fingerprint density at radius 1 is 1.29 bits per heavy atom. The van der Waals surface area contributed by atoms with Crippen LogP contribution >= 0.6 is 24.0 Å². The Morgan fingerprint density at radius 3 is 2.96 bits per heavy atom. The molecule has 0 aliphatic carbocycles. The summed E-state index contributed by atoms with van der Waals surface area (Å²) < 4.78 is 7.91. The molecule has 2 atom stereocenters. The van der Waals surface area contributed by atoms with Crippen molar-refractivity contribution in [1.29, 1.82) is 0 Å². The highest BCUT2D eigenvalue weighted by molar-refractivity contribution is 8.26. The molecule has 1 aromatic heterocycles. The van der Waals surface area contributed by atoms with Gasteiger partial charge in [-0.2, -0.15) is 0 Å². The Hall–Kier alpha value is -1.64. The van der Waals surface area contributed by atoms with Crippen LogP contribution in [0, 0.1) is 5.92 Å². The molecule has 2 bridgehead atoms. The molecule has 3 aliphatic rings. The van der Waals surface area contributed by atoms with Gasteiger partial charge in [-0.1, -0.05) is 30.0 Å². The summed E-state index contributed by atoms with van der Waals surface area (Å²) in [7, 11) is 0. The van der Waals surface area contributed by atoms with Crippen LogP contribution in [0.25, 0.3) is 0 Å². The van der Waals surface area contributed by atoms with Crippen LogP contribution in [0.1, 0.15) is 31.4 Å². The lowest BCUT2D eigenvalue weighted by Crippen LogP contribution is -2.45. The molecular formula is C20H25N3O3S2. The molecule has 28 heavy (non-hydrogen) atoms. The standard InChI is InChI=1S/C20H25N3O3S2/c1-2-26-8-4-7-22-19(25)17(28-20(22)27)13-21-10-14-9-15(12-21)16-5-3-6-18(24)23(16)11-14/h3,5-6,13-15H,2,4,7-12H2,1H3/b17-13-/t14-,15-/m0/s1. The van der Waals surface area contributed by atoms with Gasteiger partial charge in [0.2, 0.25) is 0 Å². The van der Waals surface area contributed by atoms with E-state index < -0.39 is 0 Å². The zero-order valence-corrected chi connectivity index (χ0v) is 17.6. The number of carbonyl (C=O) groups excluding carboxylic acids is 1. The second-order valence-corrected chi connectivity index (χ2v) is 9.20. The van der Waals surface area contributed by atoms with Crippen LogP contribution in [0.3, 0.4) is 0 Å². The quantitative estimate of drug-likeness (QED) is 0.401. The van der Waals surface area contributed by atoms with Crippen molar-refractivity contribution in [3.8, 4) is 0 Å². The molecule has 0 N–H and O–H groups in total. The highest BCUT2D eigenvalue weighted by atomic mass is 32.2. The SMILES string of the molecule is CCOCCCN1C(=O)/C(=C/N2C[C@@H]3C[C@@H](C2)c2cccc(=O)n2C3)SC1=S. The normalized spacial score (nSPS) is 25.5. The summed E-state index contributed by atoms with van der Waals surface area (Å²) in [4.78, 5) is 29.6. The number of fused-ring (bicyclic) bond motifs is 4. The van der Waals surface area contributed by atoms with Gasteiger partial charge in [-0.25, -0.2) is 0 Å². The minimum absolute atomic E-state index is 0.00106. The van der Waals surface area contributed by atoms with E-state index in [4.69, 9.17) is 17.0 Å². The first kappa shape index (κ1) is 19.7. The van der Waals surface area contributed by atoms with Crippen LogP contribution in [0.15, 0.2) is 34.1 Å². The Balaban J connectivity index is 1.45. The summed E-state index contributed by atoms with van der Waals surface area (Å²) in [6, 6.07) is 5.55. The van der Waals surface area contributed by atoms with Gasteiger partial charge in [-0.15, -0.1) is 0 Å². The fourth-order valence-electron chi connectivity index (χ4n) is 4.36. The van der Waals surface area contributed by atoms with E-state index in [0.717, 1.165) is 38.2 Å². The maximum Gasteiger partial charge on any atom is 0.267 e. The lowest BCUT2D eigenvalue weighted by atomic mass is 9.83. The molecule has 4 rings (SSSR count). The molecule has 6 nitrogen and oxygen atoms in total. The van der Waals surface area contributed by atoms with E-state index in [2.05, 4.69) is 11.0 Å². The van der Waals surface area contributed by atoms with E-state index in [1.165, 1.54) is 11.8 Å². The number of amides is 1. The number of aromatic nitrogens is 1. The van der Waals surface area contributed by atoms with Crippen molar-refractivity contribution >= 4 is 34.2 Å². The molecule has 1 amide bonds. The molecule has 8 heteroatoms. The lowest BCUT2D eigenvalue weighted by Gasteiger charge is -2.42. The van der Waals surface area contributed by atoms with Crippen molar-refractivity contribution in [3.05, 3.63) is 45.4 Å². The molecule has 3 aliphatic heterocycles. The molecule has 1 aromatic rings. The molecule has 0 radical (unpaired) electrons. The fraction of sp³-hybridized carbons (Fsp3) is 0.550. The number of hydrogen-bond donors (Lipinski definition) is 0. The molecule has 150 valence electrons. The third-order valence-corrected chi connectivity index (χ3v) is 6.92. The Kier molecular flexibility index (Phi) is 5.89. The van der Waals surface area contributed by atoms with Crippen molar-refractivity contribution in [2.45, 2.75) is 32.2 Å². The summed E-state index contributed by atoms with van der Waals surface area (Å²) in [6.45, 7) is 6.34. The highest BCUT2D eigenvalue weighted by Gasteiger charge is 2.36. The molecule has 2 saturated heterocycles. The number of nitrogens with zero attached hydrogens (tertiary/aromatic N) is 3. The Morgan fingerprint density at radius 2 is 2.14 bits per heavy atom. The van der Waals surface area contributed by atoms with Crippen LogP contribution in [-0.2, 0) is 16.1 Å². The lowest BCUT2D eigenvalue weighted by molar-refractivity contribution is -0.122. The zero-order chi connectivity index (χ0) is 19.7. The predicted octanol–water partition coefficient (Wildman–Crippen LogP) is 2.40. The monoisotopic (exact) mass is 419 g/mol. The number of thioether (sulfide) groups is 1. The minimum atomic E-state index is -0.00106. The summed E-state index contributed by atoms with van der Waals surface area (Å²) >= 11 is 6.80. The number of ether oxygens (including phenoxy) is 1. The van der Waals surface area contributed by atoms with E-state index in [9.17, 15) is 9.59 Å². The molecule has 0 unspecified atom stereocenters. The van der Waals surface area contributed by atoms with E-state index in [-0.39, 0.29) is 11.5 Å². The summed E-state index contributed by atoms with van der Waals surface area (Å²) in [5.41, 5.74) is 1.21. The van der Waals surface area contributed by atoms with Crippen LogP contribution in [-0.4, -0.2) is 57.4 Å². The number of carbonyl (C=O) groups is 1. The Labute approximate surface area is 174 Å². The van der Waals surface area contributed by atoms with Crippen LogP contribution in [0.4, 0.5) is 0 Å². The minimum Gasteiger partial charge on any atom is -0.382 e. The van der Waals surface area contributed by atoms with Gasteiger partial charge >= 0.3 is 0 Å². The fourth-order valence-corrected chi connectivity index (χ4v) is 5.67. The first-order chi connectivity index (χ1) is 13.6. The van der Waals surface area contributed by atoms with Crippen molar-refractivity contribution < 1.29 is 9.53 Å². The number of likely N-dealkylation sites (tertiary alicyclic amines) is 1. The smallest absolute Gasteiger partial charge is 0.267 e. The van der Waals surface area contributed by atoms with Crippen molar-refractivity contribution in [2.24, 2.45) is 5.92 Å². The van der Waals surface area contributed by atoms with Crippen LogP contribution < -0.4 is 5.56 Å². The van der Waals surface area contributed by atoms with Gasteiger partial charge in [-0.3, -0.25) is 14.5 Å². The largest absolute Gasteiger partial charge is 0.382 e. The van der Waals surface area contributed by atoms with Crippen molar-refractivity contribution in [3.63, 3.8) is 0 Å². The van der Waals surface area contributed by atoms with Gasteiger partial charge in [0.1, 0.15) is 4.32 Å². The van der Waals surface area contributed by atoms with Gasteiger partial charge < -0.3 is 14.2 Å². The number of rotatable bonds is 6. The van der Waals surface area contributed by atoms with Crippen LogP contribution in [0.2, 0.25) is 0 Å². The summed E-state index contributed by atoms with van der Waals surface area (Å²) in [6.07, 6.45) is 3.87. The zero-order valence-electron chi connectivity index (χ0n) is 16.0. The average Bonchev–Trinajstić information content (AvgIpc) is 2.93. The number of piperidine rings is 1.